The Morgan fingerprint density at radius 1 is 1.14 bits per heavy atom. The van der Waals surface area contributed by atoms with Crippen molar-refractivity contribution in [3.8, 4) is 0 Å². The van der Waals surface area contributed by atoms with Gasteiger partial charge in [0.05, 0.1) is 11.0 Å². The summed E-state index contributed by atoms with van der Waals surface area (Å²) in [7, 11) is 0. The Bertz CT molecular complexity index is 1030. The zero-order chi connectivity index (χ0) is 19.7. The number of nitrogens with one attached hydrogen (secondary N) is 1. The number of non-ortho nitro benzene ring substituents is 1. The van der Waals surface area contributed by atoms with Crippen LogP contribution in [0.2, 0.25) is 0 Å². The largest absolute Gasteiger partial charge is 0.348 e. The topological polar surface area (TPSA) is 63.3 Å². The first-order valence-corrected chi connectivity index (χ1v) is 9.95. The van der Waals surface area contributed by atoms with Crippen LogP contribution in [-0.4, -0.2) is 26.0 Å². The van der Waals surface area contributed by atoms with Crippen molar-refractivity contribution >= 4 is 44.6 Å². The predicted molar refractivity (Wildman–Crippen MR) is 116 cm³/mol. The molecule has 1 atom stereocenters. The first-order chi connectivity index (χ1) is 13.5. The molecular formula is C20H17BrN4O2S. The van der Waals surface area contributed by atoms with Crippen molar-refractivity contribution in [1.82, 2.24) is 9.47 Å². The number of aromatic nitrogens is 1. The summed E-state index contributed by atoms with van der Waals surface area (Å²) in [6.45, 7) is 1.56. The Morgan fingerprint density at radius 2 is 1.93 bits per heavy atom. The summed E-state index contributed by atoms with van der Waals surface area (Å²) >= 11 is 9.20. The first-order valence-electron chi connectivity index (χ1n) is 8.75. The number of hydrogen-bond donors (Lipinski definition) is 1. The van der Waals surface area contributed by atoms with Gasteiger partial charge >= 0.3 is 0 Å². The average molecular weight is 457 g/mol. The van der Waals surface area contributed by atoms with Crippen molar-refractivity contribution in [2.45, 2.75) is 12.6 Å². The molecule has 3 aromatic rings. The van der Waals surface area contributed by atoms with Crippen LogP contribution in [0.15, 0.2) is 71.3 Å². The number of nitrogens with zero attached hydrogens (tertiary/aromatic N) is 3. The Morgan fingerprint density at radius 3 is 2.64 bits per heavy atom. The van der Waals surface area contributed by atoms with E-state index in [2.05, 4.69) is 43.0 Å². The molecule has 4 rings (SSSR count). The molecule has 2 aromatic carbocycles. The van der Waals surface area contributed by atoms with Crippen LogP contribution in [0.1, 0.15) is 17.3 Å². The average Bonchev–Trinajstić information content (AvgIpc) is 3.16. The van der Waals surface area contributed by atoms with E-state index < -0.39 is 0 Å². The third kappa shape index (κ3) is 3.65. The molecule has 8 heteroatoms. The molecule has 0 fully saturated rings. The molecule has 0 saturated carbocycles. The van der Waals surface area contributed by atoms with Crippen LogP contribution in [-0.2, 0) is 6.54 Å². The van der Waals surface area contributed by atoms with Crippen LogP contribution in [0.25, 0.3) is 0 Å². The smallest absolute Gasteiger partial charge is 0.269 e. The van der Waals surface area contributed by atoms with Gasteiger partial charge in [-0.25, -0.2) is 0 Å². The van der Waals surface area contributed by atoms with E-state index in [-0.39, 0.29) is 16.7 Å². The summed E-state index contributed by atoms with van der Waals surface area (Å²) < 4.78 is 3.17. The maximum Gasteiger partial charge on any atom is 0.269 e. The summed E-state index contributed by atoms with van der Waals surface area (Å²) in [5, 5.41) is 14.9. The second-order valence-electron chi connectivity index (χ2n) is 6.51. The maximum absolute atomic E-state index is 11.0. The number of nitro benzene ring substituents is 1. The van der Waals surface area contributed by atoms with Gasteiger partial charge in [0.2, 0.25) is 0 Å². The first kappa shape index (κ1) is 18.6. The highest BCUT2D eigenvalue weighted by Gasteiger charge is 2.30. The molecular weight excluding hydrogens is 440 g/mol. The van der Waals surface area contributed by atoms with E-state index in [9.17, 15) is 10.1 Å². The molecule has 0 amide bonds. The summed E-state index contributed by atoms with van der Waals surface area (Å²) in [6, 6.07) is 18.5. The second kappa shape index (κ2) is 7.73. The van der Waals surface area contributed by atoms with Crippen molar-refractivity contribution in [1.29, 1.82) is 0 Å². The van der Waals surface area contributed by atoms with Gasteiger partial charge in [-0.15, -0.1) is 0 Å². The van der Waals surface area contributed by atoms with Crippen molar-refractivity contribution in [3.63, 3.8) is 0 Å². The highest BCUT2D eigenvalue weighted by molar-refractivity contribution is 9.10. The van der Waals surface area contributed by atoms with Crippen molar-refractivity contribution in [2.24, 2.45) is 0 Å². The summed E-state index contributed by atoms with van der Waals surface area (Å²) in [5.74, 6) is 0. The minimum absolute atomic E-state index is 0.0799. The fourth-order valence-corrected chi connectivity index (χ4v) is 4.21. The molecule has 1 unspecified atom stereocenters. The van der Waals surface area contributed by atoms with Crippen LogP contribution in [0.5, 0.6) is 0 Å². The quantitative estimate of drug-likeness (QED) is 0.342. The third-order valence-electron chi connectivity index (χ3n) is 4.79. The van der Waals surface area contributed by atoms with Gasteiger partial charge in [0, 0.05) is 47.3 Å². The predicted octanol–water partition coefficient (Wildman–Crippen LogP) is 4.96. The SMILES string of the molecule is O=[N+]([O-])c1ccc(C2c3cccn3CCN2C(=S)Nc2cccc(Br)c2)cc1. The lowest BCUT2D eigenvalue weighted by Gasteiger charge is -2.39. The van der Waals surface area contributed by atoms with Crippen molar-refractivity contribution < 1.29 is 4.92 Å². The molecule has 142 valence electrons. The Labute approximate surface area is 176 Å². The number of hydrogen-bond acceptors (Lipinski definition) is 3. The van der Waals surface area contributed by atoms with Crippen LogP contribution >= 0.6 is 28.1 Å². The van der Waals surface area contributed by atoms with Gasteiger partial charge in [0.1, 0.15) is 0 Å². The molecule has 1 N–H and O–H groups in total. The molecule has 0 bridgehead atoms. The zero-order valence-electron chi connectivity index (χ0n) is 14.8. The van der Waals surface area contributed by atoms with Gasteiger partial charge < -0.3 is 14.8 Å². The number of benzene rings is 2. The van der Waals surface area contributed by atoms with E-state index in [1.807, 2.05) is 30.3 Å². The maximum atomic E-state index is 11.0. The fourth-order valence-electron chi connectivity index (χ4n) is 3.49. The van der Waals surface area contributed by atoms with E-state index in [0.717, 1.165) is 34.5 Å². The molecule has 0 radical (unpaired) electrons. The van der Waals surface area contributed by atoms with Crippen LogP contribution in [0.4, 0.5) is 11.4 Å². The number of rotatable bonds is 3. The van der Waals surface area contributed by atoms with Crippen molar-refractivity contribution in [2.75, 3.05) is 11.9 Å². The van der Waals surface area contributed by atoms with Gasteiger partial charge in [-0.1, -0.05) is 22.0 Å². The number of halogens is 1. The van der Waals surface area contributed by atoms with E-state index in [1.54, 1.807) is 24.3 Å². The molecule has 1 aliphatic rings. The van der Waals surface area contributed by atoms with E-state index >= 15 is 0 Å². The van der Waals surface area contributed by atoms with Gasteiger partial charge in [0.25, 0.3) is 5.69 Å². The number of fused-ring (bicyclic) bond motifs is 1. The summed E-state index contributed by atoms with van der Waals surface area (Å²) in [4.78, 5) is 12.8. The van der Waals surface area contributed by atoms with E-state index in [1.165, 1.54) is 0 Å². The standard InChI is InChI=1S/C20H17BrN4O2S/c21-15-3-1-4-16(13-15)22-20(28)24-12-11-23-10-2-5-18(23)19(24)14-6-8-17(9-7-14)25(26)27/h1-10,13,19H,11-12H2,(H,22,28). The lowest BCUT2D eigenvalue weighted by molar-refractivity contribution is -0.384. The monoisotopic (exact) mass is 456 g/mol. The Hall–Kier alpha value is -2.71. The molecule has 0 saturated heterocycles. The van der Waals surface area contributed by atoms with E-state index in [0.29, 0.717) is 5.11 Å². The number of thiocarbonyl (C=S) groups is 1. The van der Waals surface area contributed by atoms with Crippen molar-refractivity contribution in [3.05, 3.63) is 92.7 Å². The van der Waals surface area contributed by atoms with Gasteiger partial charge in [0.15, 0.2) is 5.11 Å². The summed E-state index contributed by atoms with van der Waals surface area (Å²) in [5.41, 5.74) is 3.06. The number of anilines is 1. The molecule has 0 aliphatic carbocycles. The Kier molecular flexibility index (Phi) is 5.15. The highest BCUT2D eigenvalue weighted by Crippen LogP contribution is 2.34. The van der Waals surface area contributed by atoms with Gasteiger partial charge in [-0.2, -0.15) is 0 Å². The van der Waals surface area contributed by atoms with Crippen LogP contribution in [0, 0.1) is 10.1 Å². The van der Waals surface area contributed by atoms with Crippen LogP contribution in [0.3, 0.4) is 0 Å². The lowest BCUT2D eigenvalue weighted by Crippen LogP contribution is -2.44. The highest BCUT2D eigenvalue weighted by atomic mass is 79.9. The van der Waals surface area contributed by atoms with Gasteiger partial charge in [-0.05, 0) is 60.2 Å². The van der Waals surface area contributed by atoms with Gasteiger partial charge in [-0.3, -0.25) is 10.1 Å². The number of nitro groups is 1. The lowest BCUT2D eigenvalue weighted by atomic mass is 10.00. The summed E-state index contributed by atoms with van der Waals surface area (Å²) in [6.07, 6.45) is 2.05. The minimum Gasteiger partial charge on any atom is -0.348 e. The third-order valence-corrected chi connectivity index (χ3v) is 5.62. The molecule has 1 aliphatic heterocycles. The van der Waals surface area contributed by atoms with E-state index in [4.69, 9.17) is 12.2 Å². The molecule has 0 spiro atoms. The normalized spacial score (nSPS) is 15.8. The molecule has 1 aromatic heterocycles. The minimum atomic E-state index is -0.384. The fraction of sp³-hybridized carbons (Fsp3) is 0.150. The Balaban J connectivity index is 1.67. The molecule has 2 heterocycles. The molecule has 28 heavy (non-hydrogen) atoms. The zero-order valence-corrected chi connectivity index (χ0v) is 17.2. The van der Waals surface area contributed by atoms with Crippen LogP contribution < -0.4 is 5.32 Å². The second-order valence-corrected chi connectivity index (χ2v) is 7.81. The molecule has 6 nitrogen and oxygen atoms in total.